The highest BCUT2D eigenvalue weighted by molar-refractivity contribution is 6.02. The third-order valence-corrected chi connectivity index (χ3v) is 18.9. The van der Waals surface area contributed by atoms with Crippen molar-refractivity contribution in [1.82, 2.24) is 125 Å². The molecule has 0 bridgehead atoms. The van der Waals surface area contributed by atoms with Crippen LogP contribution in [-0.4, -0.2) is 169 Å². The molecular weight excluding hydrogens is 1420 g/mol. The SMILES string of the molecule is CC(C)CC(=O)Nc1cncc(-c2cnc3n[nH]c(-c4nc5c(-c6cccnc6)cncc5[nH]4)c3c2)c1.O=C(Nc1cncc(-c2cnc3n[nH]c(-c4nc5c(-c6cccnc6)cncc5[nH]4)c3c2)c1)C1CC1.O=C(Nc1cncc(-c2cnc3n[nH]c(-c4nc5c(-c6cccnc6)cncc5[nH]4)c3c2)c1)N1CCOCC1. The molecule has 112 heavy (non-hydrogen) atoms. The molecule has 19 heterocycles. The topological polar surface area (TPSA) is 427 Å². The van der Waals surface area contributed by atoms with Gasteiger partial charge in [-0.15, -0.1) is 0 Å². The number of amides is 4. The number of ether oxygens (including phenoxy) is 1. The number of nitrogens with zero attached hydrogens (tertiary/aromatic N) is 19. The fourth-order valence-electron chi connectivity index (χ4n) is 13.2. The number of hydrogen-bond acceptors (Lipinski definition) is 22. The van der Waals surface area contributed by atoms with E-state index >= 15 is 0 Å². The predicted octanol–water partition coefficient (Wildman–Crippen LogP) is 13.3. The Morgan fingerprint density at radius 1 is 0.429 bits per heavy atom. The Hall–Kier alpha value is -15.2. The summed E-state index contributed by atoms with van der Waals surface area (Å²) in [4.78, 5) is 116. The maximum atomic E-state index is 12.6. The first-order valence-electron chi connectivity index (χ1n) is 35.9. The van der Waals surface area contributed by atoms with E-state index in [1.807, 2.05) is 86.6 Å². The van der Waals surface area contributed by atoms with Crippen molar-refractivity contribution in [2.75, 3.05) is 42.3 Å². The van der Waals surface area contributed by atoms with Gasteiger partial charge >= 0.3 is 6.03 Å². The third-order valence-electron chi connectivity index (χ3n) is 18.9. The molecule has 9 N–H and O–H groups in total. The van der Waals surface area contributed by atoms with Gasteiger partial charge in [0.1, 0.15) is 33.6 Å². The smallest absolute Gasteiger partial charge is 0.322 e. The Morgan fingerprint density at radius 3 is 1.17 bits per heavy atom. The summed E-state index contributed by atoms with van der Waals surface area (Å²) in [5.74, 6) is 2.29. The van der Waals surface area contributed by atoms with Crippen molar-refractivity contribution in [3.63, 3.8) is 0 Å². The number of rotatable bonds is 15. The second-order valence-electron chi connectivity index (χ2n) is 27.1. The van der Waals surface area contributed by atoms with E-state index < -0.39 is 0 Å². The van der Waals surface area contributed by atoms with Crippen molar-refractivity contribution in [3.05, 3.63) is 203 Å². The van der Waals surface area contributed by atoms with Gasteiger partial charge in [0.25, 0.3) is 0 Å². The first-order valence-corrected chi connectivity index (χ1v) is 35.9. The highest BCUT2D eigenvalue weighted by Gasteiger charge is 2.30. The number of aromatic amines is 6. The van der Waals surface area contributed by atoms with Crippen LogP contribution in [0.4, 0.5) is 21.9 Å². The van der Waals surface area contributed by atoms with Crippen LogP contribution >= 0.6 is 0 Å². The van der Waals surface area contributed by atoms with Gasteiger partial charge in [-0.1, -0.05) is 32.0 Å². The van der Waals surface area contributed by atoms with Crippen molar-refractivity contribution >= 4 is 101 Å². The van der Waals surface area contributed by atoms with Gasteiger partial charge in [-0.25, -0.2) is 34.7 Å². The number of carbonyl (C=O) groups is 3. The maximum absolute atomic E-state index is 12.6. The van der Waals surface area contributed by atoms with Crippen LogP contribution in [0, 0.1) is 11.8 Å². The lowest BCUT2D eigenvalue weighted by Crippen LogP contribution is -2.43. The van der Waals surface area contributed by atoms with E-state index in [1.54, 1.807) is 135 Å². The minimum atomic E-state index is -0.173. The van der Waals surface area contributed by atoms with Gasteiger partial charge in [-0.05, 0) is 73.4 Å². The number of fused-ring (bicyclic) bond motifs is 6. The number of nitrogens with one attached hydrogen (secondary N) is 9. The van der Waals surface area contributed by atoms with Crippen molar-refractivity contribution in [2.24, 2.45) is 11.8 Å². The number of urea groups is 1. The molecule has 1 aliphatic heterocycles. The molecule has 18 aromatic heterocycles. The molecule has 32 nitrogen and oxygen atoms in total. The summed E-state index contributed by atoms with van der Waals surface area (Å²) < 4.78 is 5.33. The first-order chi connectivity index (χ1) is 55.0. The highest BCUT2D eigenvalue weighted by atomic mass is 16.5. The van der Waals surface area contributed by atoms with Gasteiger partial charge in [0.05, 0.1) is 100 Å². The number of morpholine rings is 1. The standard InChI is InChI=1S/C27H22N10O2.C27H23N9O.C26H19N9O/c38-27(37-4-6-39-7-5-37)32-19-8-17(11-29-13-19)18-9-20-24(35-36-25(20)31-12-18)26-33-22-15-30-14-21(23(22)34-26)16-2-1-3-28-10-16;1-15(2)6-23(37)32-19-7-17(10-29-12-19)18-8-20-25(35-36-26(20)31-11-18)27-33-22-14-30-13-21(24(22)34-27)16-4-3-5-28-9-16;36-26(14-3-4-14)31-18-6-16(9-28-11-18)17-7-19-23(34-35-24(19)30-10-17)25-32-21-13-29-12-20(22(21)33-25)15-2-1-5-27-8-15/h1-3,8-15H,4-7H2,(H,32,38)(H,33,34)(H,31,35,36);3-5,7-15H,6H2,1-2H3,(H,32,37)(H,33,34)(H,31,35,36);1-2,5-14H,3-4H2,(H,31,36)(H,32,33)(H,30,34,35). The maximum Gasteiger partial charge on any atom is 0.322 e. The van der Waals surface area contributed by atoms with Crippen molar-refractivity contribution in [1.29, 1.82) is 0 Å². The average Bonchev–Trinajstić information content (AvgIpc) is 1.63. The zero-order chi connectivity index (χ0) is 75.6. The van der Waals surface area contributed by atoms with E-state index in [4.69, 9.17) is 19.7 Å². The summed E-state index contributed by atoms with van der Waals surface area (Å²) in [5.41, 5.74) is 21.0. The third kappa shape index (κ3) is 14.3. The number of anilines is 3. The molecule has 18 aromatic rings. The summed E-state index contributed by atoms with van der Waals surface area (Å²) in [6, 6.07) is 23.1. The molecule has 0 spiro atoms. The second kappa shape index (κ2) is 29.9. The lowest BCUT2D eigenvalue weighted by Gasteiger charge is -2.26. The summed E-state index contributed by atoms with van der Waals surface area (Å²) >= 11 is 0. The van der Waals surface area contributed by atoms with Crippen LogP contribution in [0.3, 0.4) is 0 Å². The molecule has 0 atom stereocenters. The van der Waals surface area contributed by atoms with Crippen molar-refractivity contribution in [3.8, 4) is 101 Å². The number of imidazole rings is 3. The van der Waals surface area contributed by atoms with Gasteiger partial charge in [0.15, 0.2) is 34.4 Å². The molecule has 2 fully saturated rings. The zero-order valence-electron chi connectivity index (χ0n) is 59.8. The molecule has 1 saturated carbocycles. The Morgan fingerprint density at radius 2 is 0.795 bits per heavy atom. The number of pyridine rings is 12. The molecule has 0 aromatic carbocycles. The number of carbonyl (C=O) groups excluding carboxylic acids is 3. The van der Waals surface area contributed by atoms with Gasteiger partial charge in [0, 0.05) is 185 Å². The molecule has 20 rings (SSSR count). The van der Waals surface area contributed by atoms with E-state index in [-0.39, 0.29) is 29.7 Å². The van der Waals surface area contributed by atoms with Crippen LogP contribution in [0.15, 0.2) is 203 Å². The van der Waals surface area contributed by atoms with Crippen LogP contribution in [0.1, 0.15) is 33.1 Å². The van der Waals surface area contributed by atoms with Gasteiger partial charge in [0.2, 0.25) is 11.8 Å². The molecule has 2 aliphatic rings. The molecular formula is C80H64N28O4. The predicted molar refractivity (Wildman–Crippen MR) is 421 cm³/mol. The lowest BCUT2D eigenvalue weighted by molar-refractivity contribution is -0.117. The largest absolute Gasteiger partial charge is 0.378 e. The average molecular weight is 1480 g/mol. The number of hydrogen-bond donors (Lipinski definition) is 9. The van der Waals surface area contributed by atoms with Gasteiger partial charge < -0.3 is 40.5 Å². The monoisotopic (exact) mass is 1480 g/mol. The van der Waals surface area contributed by atoms with Gasteiger partial charge in [-0.3, -0.25) is 69.7 Å². The summed E-state index contributed by atoms with van der Waals surface area (Å²) in [6.07, 6.45) is 38.9. The Kier molecular flexibility index (Phi) is 18.3. The van der Waals surface area contributed by atoms with Crippen LogP contribution < -0.4 is 16.0 Å². The van der Waals surface area contributed by atoms with E-state index in [2.05, 4.69) is 121 Å². The van der Waals surface area contributed by atoms with Crippen LogP contribution in [0.25, 0.3) is 168 Å². The van der Waals surface area contributed by atoms with E-state index in [1.165, 1.54) is 0 Å². The Bertz CT molecular complexity index is 6550. The van der Waals surface area contributed by atoms with Crippen LogP contribution in [-0.2, 0) is 14.3 Å². The van der Waals surface area contributed by atoms with E-state index in [0.29, 0.717) is 95.6 Å². The Balaban J connectivity index is 0.000000117. The zero-order valence-corrected chi connectivity index (χ0v) is 59.8. The molecule has 548 valence electrons. The van der Waals surface area contributed by atoms with Gasteiger partial charge in [-0.2, -0.15) is 15.3 Å². The Labute approximate surface area is 633 Å². The van der Waals surface area contributed by atoms with Crippen molar-refractivity contribution in [2.45, 2.75) is 33.1 Å². The minimum Gasteiger partial charge on any atom is -0.378 e. The first kappa shape index (κ1) is 68.6. The molecule has 0 unspecified atom stereocenters. The molecule has 32 heteroatoms. The fourth-order valence-corrected chi connectivity index (χ4v) is 13.2. The summed E-state index contributed by atoms with van der Waals surface area (Å²) in [7, 11) is 0. The molecule has 1 saturated heterocycles. The highest BCUT2D eigenvalue weighted by Crippen LogP contribution is 2.38. The normalized spacial score (nSPS) is 12.8. The summed E-state index contributed by atoms with van der Waals surface area (Å²) in [6.45, 7) is 6.22. The number of aromatic nitrogens is 24. The minimum absolute atomic E-state index is 0.0373. The quantitative estimate of drug-likeness (QED) is 0.0460. The van der Waals surface area contributed by atoms with Crippen LogP contribution in [0.2, 0.25) is 0 Å². The van der Waals surface area contributed by atoms with E-state index in [0.717, 1.165) is 135 Å². The number of H-pyrrole nitrogens is 6. The second-order valence-corrected chi connectivity index (χ2v) is 27.1. The lowest BCUT2D eigenvalue weighted by atomic mass is 10.1. The van der Waals surface area contributed by atoms with Crippen LogP contribution in [0.5, 0.6) is 0 Å². The molecule has 4 amide bonds. The molecule has 1 aliphatic carbocycles. The van der Waals surface area contributed by atoms with E-state index in [9.17, 15) is 14.4 Å². The fraction of sp³-hybridized carbons (Fsp3) is 0.138. The summed E-state index contributed by atoms with van der Waals surface area (Å²) in [5, 5.41) is 33.6. The van der Waals surface area contributed by atoms with Crippen molar-refractivity contribution < 1.29 is 19.1 Å². The molecule has 0 radical (unpaired) electrons.